The average molecular weight is 393 g/mol. The minimum Gasteiger partial charge on any atom is -0.502 e. The molecule has 0 bridgehead atoms. The van der Waals surface area contributed by atoms with E-state index in [0.717, 1.165) is 39.3 Å². The largest absolute Gasteiger partial charge is 0.502 e. The van der Waals surface area contributed by atoms with Gasteiger partial charge < -0.3 is 34.3 Å². The highest BCUT2D eigenvalue weighted by Crippen LogP contribution is 2.13. The van der Waals surface area contributed by atoms with E-state index in [1.807, 2.05) is 6.08 Å². The summed E-state index contributed by atoms with van der Waals surface area (Å²) in [4.78, 5) is 0. The molecule has 7 heteroatoms. The Hall–Kier alpha value is -0.700. The number of hydrogen-bond acceptors (Lipinski definition) is 7. The van der Waals surface area contributed by atoms with Crippen molar-refractivity contribution in [1.29, 1.82) is 0 Å². The van der Waals surface area contributed by atoms with Crippen molar-refractivity contribution in [3.8, 4) is 0 Å². The Morgan fingerprint density at radius 1 is 0.815 bits per heavy atom. The van der Waals surface area contributed by atoms with Gasteiger partial charge in [0.25, 0.3) is 0 Å². The molecular formula is C20H40O7. The molecule has 162 valence electrons. The van der Waals surface area contributed by atoms with Crippen LogP contribution in [0.1, 0.15) is 57.8 Å². The second-order valence-corrected chi connectivity index (χ2v) is 6.25. The van der Waals surface area contributed by atoms with E-state index in [2.05, 4.69) is 0 Å². The molecule has 2 fully saturated rings. The Bertz CT molecular complexity index is 272. The van der Waals surface area contributed by atoms with Gasteiger partial charge in [-0.15, -0.1) is 0 Å². The molecule has 0 saturated carbocycles. The van der Waals surface area contributed by atoms with Crippen LogP contribution in [0.15, 0.2) is 12.3 Å². The van der Waals surface area contributed by atoms with Gasteiger partial charge in [0, 0.05) is 39.6 Å². The van der Waals surface area contributed by atoms with Gasteiger partial charge in [0.15, 0.2) is 6.29 Å². The standard InChI is InChI=1S/C8H16O3.C5H8O.C4H8O.C3H8O2/c9-5-3-7-11-8-4-1-2-6-10-8;1-2-4-6-5-3-1;1-2-4-5-3-1;4-2-1-3-5/h8-9H,1-7H2;2,4H,1,3,5H2;1-4H2;4-5H,1-3H2. The summed E-state index contributed by atoms with van der Waals surface area (Å²) in [5.74, 6) is 0. The predicted octanol–water partition coefficient (Wildman–Crippen LogP) is 2.38. The highest BCUT2D eigenvalue weighted by molar-refractivity contribution is 4.76. The summed E-state index contributed by atoms with van der Waals surface area (Å²) in [6, 6.07) is 0. The number of aliphatic hydroxyl groups excluding tert-OH is 3. The van der Waals surface area contributed by atoms with Gasteiger partial charge in [-0.25, -0.2) is 0 Å². The Labute approximate surface area is 164 Å². The highest BCUT2D eigenvalue weighted by atomic mass is 16.7. The Morgan fingerprint density at radius 3 is 1.85 bits per heavy atom. The molecule has 0 aromatic rings. The van der Waals surface area contributed by atoms with E-state index in [4.69, 9.17) is 34.3 Å². The number of allylic oxidation sites excluding steroid dienone is 1. The maximum absolute atomic E-state index is 8.47. The summed E-state index contributed by atoms with van der Waals surface area (Å²) in [5.41, 5.74) is 0. The molecule has 0 radical (unpaired) electrons. The molecule has 0 aromatic carbocycles. The molecule has 0 aromatic heterocycles. The molecule has 0 aliphatic carbocycles. The van der Waals surface area contributed by atoms with Crippen molar-refractivity contribution in [3.63, 3.8) is 0 Å². The SMILES string of the molecule is C1=COCCC1.C1CCOC1.OCCCO.OCCCOC1CCCCO1. The Morgan fingerprint density at radius 2 is 1.52 bits per heavy atom. The molecule has 7 nitrogen and oxygen atoms in total. The van der Waals surface area contributed by atoms with Crippen LogP contribution in [0.3, 0.4) is 0 Å². The Kier molecular flexibility index (Phi) is 22.7. The fraction of sp³-hybridized carbons (Fsp3) is 0.900. The van der Waals surface area contributed by atoms with Gasteiger partial charge in [0.05, 0.1) is 19.5 Å². The lowest BCUT2D eigenvalue weighted by Gasteiger charge is -2.22. The van der Waals surface area contributed by atoms with Crippen molar-refractivity contribution >= 4 is 0 Å². The molecule has 1 atom stereocenters. The van der Waals surface area contributed by atoms with Crippen LogP contribution in [-0.4, -0.2) is 74.5 Å². The minimum atomic E-state index is -0.00435. The van der Waals surface area contributed by atoms with Gasteiger partial charge in [-0.05, 0) is 63.9 Å². The van der Waals surface area contributed by atoms with Gasteiger partial charge >= 0.3 is 0 Å². The van der Waals surface area contributed by atoms with E-state index in [1.54, 1.807) is 6.26 Å². The van der Waals surface area contributed by atoms with Crippen LogP contribution in [0, 0.1) is 0 Å². The van der Waals surface area contributed by atoms with Crippen molar-refractivity contribution < 1.29 is 34.3 Å². The summed E-state index contributed by atoms with van der Waals surface area (Å²) in [7, 11) is 0. The molecule has 3 aliphatic heterocycles. The van der Waals surface area contributed by atoms with Crippen LogP contribution >= 0.6 is 0 Å². The molecule has 3 aliphatic rings. The second-order valence-electron chi connectivity index (χ2n) is 6.25. The normalized spacial score (nSPS) is 20.8. The van der Waals surface area contributed by atoms with E-state index in [0.29, 0.717) is 19.4 Å². The lowest BCUT2D eigenvalue weighted by molar-refractivity contribution is -0.163. The second kappa shape index (κ2) is 23.3. The minimum absolute atomic E-state index is 0.00435. The third-order valence-corrected chi connectivity index (χ3v) is 3.71. The maximum atomic E-state index is 8.47. The van der Waals surface area contributed by atoms with Crippen molar-refractivity contribution in [1.82, 2.24) is 0 Å². The molecular weight excluding hydrogens is 352 g/mol. The van der Waals surface area contributed by atoms with E-state index in [9.17, 15) is 0 Å². The zero-order chi connectivity index (χ0) is 19.8. The van der Waals surface area contributed by atoms with Gasteiger partial charge in [-0.3, -0.25) is 0 Å². The van der Waals surface area contributed by atoms with E-state index < -0.39 is 0 Å². The smallest absolute Gasteiger partial charge is 0.157 e. The number of hydrogen-bond donors (Lipinski definition) is 3. The molecule has 3 heterocycles. The molecule has 27 heavy (non-hydrogen) atoms. The van der Waals surface area contributed by atoms with Gasteiger partial charge in [-0.1, -0.05) is 0 Å². The van der Waals surface area contributed by atoms with Crippen LogP contribution in [0.25, 0.3) is 0 Å². The summed E-state index contributed by atoms with van der Waals surface area (Å²) >= 11 is 0. The zero-order valence-corrected chi connectivity index (χ0v) is 16.7. The van der Waals surface area contributed by atoms with Crippen LogP contribution in [0.5, 0.6) is 0 Å². The number of aliphatic hydroxyl groups is 3. The van der Waals surface area contributed by atoms with E-state index >= 15 is 0 Å². The molecule has 1 unspecified atom stereocenters. The van der Waals surface area contributed by atoms with Crippen molar-refractivity contribution in [2.24, 2.45) is 0 Å². The zero-order valence-electron chi connectivity index (χ0n) is 16.7. The summed E-state index contributed by atoms with van der Waals surface area (Å²) in [6.45, 7) is 4.74. The molecule has 2 saturated heterocycles. The molecule has 3 rings (SSSR count). The monoisotopic (exact) mass is 392 g/mol. The van der Waals surface area contributed by atoms with Crippen molar-refractivity contribution in [3.05, 3.63) is 12.3 Å². The fourth-order valence-corrected chi connectivity index (χ4v) is 2.19. The average Bonchev–Trinajstić information content (AvgIpc) is 3.32. The van der Waals surface area contributed by atoms with Crippen LogP contribution in [-0.2, 0) is 18.9 Å². The first-order chi connectivity index (χ1) is 13.3. The molecule has 0 amide bonds. The topological polar surface area (TPSA) is 97.6 Å². The molecule has 3 N–H and O–H groups in total. The summed E-state index contributed by atoms with van der Waals surface area (Å²) in [5, 5.41) is 24.3. The lowest BCUT2D eigenvalue weighted by Crippen LogP contribution is -2.22. The van der Waals surface area contributed by atoms with Crippen molar-refractivity contribution in [2.45, 2.75) is 64.1 Å². The first-order valence-corrected chi connectivity index (χ1v) is 10.2. The molecule has 0 spiro atoms. The van der Waals surface area contributed by atoms with Gasteiger partial charge in [-0.2, -0.15) is 0 Å². The third kappa shape index (κ3) is 21.5. The van der Waals surface area contributed by atoms with Crippen molar-refractivity contribution in [2.75, 3.05) is 52.9 Å². The first-order valence-electron chi connectivity index (χ1n) is 10.2. The highest BCUT2D eigenvalue weighted by Gasteiger charge is 2.12. The van der Waals surface area contributed by atoms with E-state index in [-0.39, 0.29) is 26.1 Å². The van der Waals surface area contributed by atoms with Crippen LogP contribution < -0.4 is 0 Å². The van der Waals surface area contributed by atoms with Gasteiger partial charge in [0.1, 0.15) is 0 Å². The number of rotatable bonds is 6. The maximum Gasteiger partial charge on any atom is 0.157 e. The summed E-state index contributed by atoms with van der Waals surface area (Å²) in [6.07, 6.45) is 13.3. The first kappa shape index (κ1) is 26.3. The van der Waals surface area contributed by atoms with Crippen LogP contribution in [0.2, 0.25) is 0 Å². The Balaban J connectivity index is 0.000000359. The van der Waals surface area contributed by atoms with E-state index in [1.165, 1.54) is 32.1 Å². The number of ether oxygens (including phenoxy) is 4. The predicted molar refractivity (Wildman–Crippen MR) is 104 cm³/mol. The summed E-state index contributed by atoms with van der Waals surface area (Å²) < 4.78 is 20.5. The fourth-order valence-electron chi connectivity index (χ4n) is 2.19. The quantitative estimate of drug-likeness (QED) is 0.597. The van der Waals surface area contributed by atoms with Crippen LogP contribution in [0.4, 0.5) is 0 Å². The third-order valence-electron chi connectivity index (χ3n) is 3.71. The lowest BCUT2D eigenvalue weighted by atomic mass is 10.2. The van der Waals surface area contributed by atoms with Gasteiger partial charge in [0.2, 0.25) is 0 Å².